The smallest absolute Gasteiger partial charge is 0.138 e. The van der Waals surface area contributed by atoms with Crippen molar-refractivity contribution in [3.63, 3.8) is 0 Å². The van der Waals surface area contributed by atoms with Gasteiger partial charge in [-0.1, -0.05) is 0 Å². The number of anilines is 1. The van der Waals surface area contributed by atoms with Crippen LogP contribution < -0.4 is 9.64 Å². The Labute approximate surface area is 234 Å². The molecule has 0 spiro atoms. The Bertz CT molecular complexity index is 1420. The lowest BCUT2D eigenvalue weighted by Gasteiger charge is -2.56. The standard InChI is InChI=1S/C30H37N7O3/c1-20(2)39-8-6-36-24-9-25(36)17-35(16-24)28-4-3-21(13-32-28)27-10-26(18-37-29(27)22(12-31)14-33-37)40-7-5-34-15-23-11-30(23,38)19-34/h3-4,10,13-14,18,20,23-25,38H,5-9,11,15-17,19H2,1-2H3. The molecule has 8 rings (SSSR count). The fourth-order valence-electron chi connectivity index (χ4n) is 6.87. The van der Waals surface area contributed by atoms with Gasteiger partial charge in [-0.2, -0.15) is 10.4 Å². The van der Waals surface area contributed by atoms with Crippen molar-refractivity contribution >= 4 is 11.3 Å². The van der Waals surface area contributed by atoms with Crippen LogP contribution in [-0.4, -0.2) is 106 Å². The second kappa shape index (κ2) is 10.00. The highest BCUT2D eigenvalue weighted by Gasteiger charge is 2.58. The number of pyridine rings is 2. The van der Waals surface area contributed by atoms with Gasteiger partial charge in [0, 0.05) is 74.6 Å². The van der Waals surface area contributed by atoms with Crippen LogP contribution in [0.4, 0.5) is 5.82 Å². The Kier molecular flexibility index (Phi) is 6.43. The number of ether oxygens (including phenoxy) is 2. The second-order valence-corrected chi connectivity index (χ2v) is 12.2. The van der Waals surface area contributed by atoms with Gasteiger partial charge in [0.05, 0.1) is 41.8 Å². The molecule has 5 fully saturated rings. The van der Waals surface area contributed by atoms with Crippen LogP contribution in [0.2, 0.25) is 0 Å². The van der Waals surface area contributed by atoms with E-state index in [1.165, 1.54) is 6.42 Å². The number of piperazine rings is 1. The van der Waals surface area contributed by atoms with Crippen molar-refractivity contribution in [2.24, 2.45) is 5.92 Å². The zero-order chi connectivity index (χ0) is 27.4. The molecular formula is C30H37N7O3. The van der Waals surface area contributed by atoms with E-state index in [4.69, 9.17) is 14.5 Å². The monoisotopic (exact) mass is 543 g/mol. The number of hydrogen-bond acceptors (Lipinski definition) is 9. The molecule has 4 aliphatic heterocycles. The first kappa shape index (κ1) is 25.7. The number of hydrogen-bond donors (Lipinski definition) is 1. The van der Waals surface area contributed by atoms with E-state index in [1.807, 2.05) is 18.5 Å². The number of likely N-dealkylation sites (tertiary alicyclic amines) is 1. The third-order valence-electron chi connectivity index (χ3n) is 9.09. The number of piperidine rings is 2. The summed E-state index contributed by atoms with van der Waals surface area (Å²) in [5.41, 5.74) is 2.62. The van der Waals surface area contributed by atoms with Gasteiger partial charge in [-0.15, -0.1) is 0 Å². The van der Waals surface area contributed by atoms with Crippen molar-refractivity contribution in [1.82, 2.24) is 24.4 Å². The second-order valence-electron chi connectivity index (χ2n) is 12.2. The molecule has 210 valence electrons. The first-order valence-corrected chi connectivity index (χ1v) is 14.5. The van der Waals surface area contributed by atoms with Crippen LogP contribution in [0.3, 0.4) is 0 Å². The van der Waals surface area contributed by atoms with Gasteiger partial charge in [-0.05, 0) is 44.9 Å². The molecule has 4 saturated heterocycles. The zero-order valence-electron chi connectivity index (χ0n) is 23.2. The average molecular weight is 544 g/mol. The molecule has 1 N–H and O–H groups in total. The predicted octanol–water partition coefficient (Wildman–Crippen LogP) is 2.40. The summed E-state index contributed by atoms with van der Waals surface area (Å²) < 4.78 is 13.6. The van der Waals surface area contributed by atoms with Gasteiger partial charge < -0.3 is 19.5 Å². The first-order chi connectivity index (χ1) is 19.4. The van der Waals surface area contributed by atoms with Gasteiger partial charge >= 0.3 is 0 Å². The Hall–Kier alpha value is -3.23. The Morgan fingerprint density at radius 2 is 2.00 bits per heavy atom. The summed E-state index contributed by atoms with van der Waals surface area (Å²) in [5.74, 6) is 2.11. The summed E-state index contributed by atoms with van der Waals surface area (Å²) in [6, 6.07) is 9.54. The molecule has 0 radical (unpaired) electrons. The fourth-order valence-corrected chi connectivity index (χ4v) is 6.87. The molecule has 10 nitrogen and oxygen atoms in total. The summed E-state index contributed by atoms with van der Waals surface area (Å²) >= 11 is 0. The number of aliphatic hydroxyl groups is 1. The molecule has 10 heteroatoms. The minimum absolute atomic E-state index is 0.274. The molecular weight excluding hydrogens is 506 g/mol. The Balaban J connectivity index is 1.04. The first-order valence-electron chi connectivity index (χ1n) is 14.5. The summed E-state index contributed by atoms with van der Waals surface area (Å²) in [7, 11) is 0. The van der Waals surface area contributed by atoms with Gasteiger partial charge in [0.1, 0.15) is 24.2 Å². The van der Waals surface area contributed by atoms with E-state index in [0.717, 1.165) is 74.8 Å². The largest absolute Gasteiger partial charge is 0.491 e. The van der Waals surface area contributed by atoms with E-state index in [2.05, 4.69) is 51.8 Å². The van der Waals surface area contributed by atoms with Crippen molar-refractivity contribution in [3.8, 4) is 22.9 Å². The van der Waals surface area contributed by atoms with Crippen LogP contribution in [0.25, 0.3) is 16.6 Å². The Morgan fingerprint density at radius 3 is 2.70 bits per heavy atom. The Morgan fingerprint density at radius 1 is 1.15 bits per heavy atom. The van der Waals surface area contributed by atoms with Crippen molar-refractivity contribution < 1.29 is 14.6 Å². The minimum atomic E-state index is -0.454. The average Bonchev–Trinajstić information content (AvgIpc) is 3.25. The summed E-state index contributed by atoms with van der Waals surface area (Å²) in [5, 5.41) is 24.4. The number of β-amino-alcohol motifs (C(OH)–C–C–N with tert-alkyl or cyclic N) is 1. The maximum Gasteiger partial charge on any atom is 0.138 e. The van der Waals surface area contributed by atoms with Crippen molar-refractivity contribution in [2.45, 2.75) is 50.5 Å². The van der Waals surface area contributed by atoms with Crippen LogP contribution in [0, 0.1) is 17.2 Å². The van der Waals surface area contributed by atoms with Crippen LogP contribution in [0.15, 0.2) is 36.8 Å². The zero-order valence-corrected chi connectivity index (χ0v) is 23.2. The highest BCUT2D eigenvalue weighted by atomic mass is 16.5. The normalized spacial score (nSPS) is 27.6. The molecule has 1 saturated carbocycles. The highest BCUT2D eigenvalue weighted by molar-refractivity contribution is 5.85. The highest BCUT2D eigenvalue weighted by Crippen LogP contribution is 2.49. The van der Waals surface area contributed by atoms with Crippen molar-refractivity contribution in [2.75, 3.05) is 57.4 Å². The van der Waals surface area contributed by atoms with E-state index in [0.29, 0.717) is 35.9 Å². The van der Waals surface area contributed by atoms with E-state index in [1.54, 1.807) is 10.7 Å². The van der Waals surface area contributed by atoms with E-state index in [9.17, 15) is 10.4 Å². The topological polar surface area (TPSA) is 102 Å². The van der Waals surface area contributed by atoms with Gasteiger partial charge in [-0.25, -0.2) is 9.50 Å². The van der Waals surface area contributed by atoms with Crippen LogP contribution in [0.1, 0.15) is 32.3 Å². The van der Waals surface area contributed by atoms with Gasteiger partial charge in [0.2, 0.25) is 0 Å². The molecule has 2 bridgehead atoms. The lowest BCUT2D eigenvalue weighted by Crippen LogP contribution is -2.69. The lowest BCUT2D eigenvalue weighted by molar-refractivity contribution is -0.0326. The number of aromatic nitrogens is 3. The maximum atomic E-state index is 10.3. The maximum absolute atomic E-state index is 10.3. The molecule has 40 heavy (non-hydrogen) atoms. The molecule has 1 aliphatic carbocycles. The molecule has 0 aromatic carbocycles. The number of fused-ring (bicyclic) bond motifs is 4. The van der Waals surface area contributed by atoms with Crippen molar-refractivity contribution in [1.29, 1.82) is 5.26 Å². The summed E-state index contributed by atoms with van der Waals surface area (Å²) in [4.78, 5) is 12.1. The number of nitrogens with zero attached hydrogens (tertiary/aromatic N) is 7. The van der Waals surface area contributed by atoms with E-state index in [-0.39, 0.29) is 6.10 Å². The number of nitriles is 1. The number of rotatable bonds is 10. The van der Waals surface area contributed by atoms with Gasteiger partial charge in [-0.3, -0.25) is 9.80 Å². The molecule has 4 unspecified atom stereocenters. The molecule has 3 aromatic rings. The third-order valence-corrected chi connectivity index (χ3v) is 9.09. The van der Waals surface area contributed by atoms with Crippen molar-refractivity contribution in [3.05, 3.63) is 42.4 Å². The predicted molar refractivity (Wildman–Crippen MR) is 150 cm³/mol. The van der Waals surface area contributed by atoms with E-state index >= 15 is 0 Å². The fraction of sp³-hybridized carbons (Fsp3) is 0.567. The van der Waals surface area contributed by atoms with Crippen LogP contribution in [-0.2, 0) is 4.74 Å². The van der Waals surface area contributed by atoms with E-state index < -0.39 is 5.60 Å². The minimum Gasteiger partial charge on any atom is -0.491 e. The molecule has 7 heterocycles. The molecule has 3 aromatic heterocycles. The SMILES string of the molecule is CC(C)OCCN1C2CC1CN(c1ccc(-c3cc(OCCN4CC5CC5(O)C4)cn4ncc(C#N)c34)cn1)C2. The third kappa shape index (κ3) is 4.71. The van der Waals surface area contributed by atoms with Gasteiger partial charge in [0.15, 0.2) is 0 Å². The molecule has 0 amide bonds. The molecule has 4 atom stereocenters. The van der Waals surface area contributed by atoms with Gasteiger partial charge in [0.25, 0.3) is 0 Å². The molecule has 5 aliphatic rings. The summed E-state index contributed by atoms with van der Waals surface area (Å²) in [6.45, 7) is 10.9. The van der Waals surface area contributed by atoms with Crippen LogP contribution in [0.5, 0.6) is 5.75 Å². The quantitative estimate of drug-likeness (QED) is 0.413. The summed E-state index contributed by atoms with van der Waals surface area (Å²) in [6.07, 6.45) is 7.78. The van der Waals surface area contributed by atoms with Crippen LogP contribution >= 0.6 is 0 Å². The lowest BCUT2D eigenvalue weighted by atomic mass is 9.87.